The molecule has 2 N–H and O–H groups in total. The molecule has 0 aliphatic carbocycles. The van der Waals surface area contributed by atoms with E-state index in [1.54, 1.807) is 48.5 Å². The fourth-order valence-corrected chi connectivity index (χ4v) is 2.85. The minimum absolute atomic E-state index is 0.110. The van der Waals surface area contributed by atoms with E-state index < -0.39 is 0 Å². The van der Waals surface area contributed by atoms with Crippen LogP contribution in [0.1, 0.15) is 33.6 Å². The number of hydrogen-bond donors (Lipinski definition) is 2. The average molecular weight is 354 g/mol. The number of nitrogens with one attached hydrogen (secondary N) is 2. The fourth-order valence-electron chi connectivity index (χ4n) is 2.85. The summed E-state index contributed by atoms with van der Waals surface area (Å²) in [7, 11) is 1.52. The van der Waals surface area contributed by atoms with Gasteiger partial charge in [0.1, 0.15) is 5.75 Å². The van der Waals surface area contributed by atoms with Gasteiger partial charge in [-0.15, -0.1) is 0 Å². The van der Waals surface area contributed by atoms with Gasteiger partial charge in [0.2, 0.25) is 0 Å². The molecule has 2 amide bonds. The van der Waals surface area contributed by atoms with Gasteiger partial charge in [0.15, 0.2) is 0 Å². The van der Waals surface area contributed by atoms with Gasteiger partial charge in [-0.1, -0.05) is 12.1 Å². The Kier molecular flexibility index (Phi) is 5.86. The van der Waals surface area contributed by atoms with Gasteiger partial charge >= 0.3 is 0 Å². The van der Waals surface area contributed by atoms with Crippen molar-refractivity contribution in [2.24, 2.45) is 0 Å². The van der Waals surface area contributed by atoms with E-state index in [2.05, 4.69) is 10.6 Å². The lowest BCUT2D eigenvalue weighted by Crippen LogP contribution is -2.31. The van der Waals surface area contributed by atoms with Crippen molar-refractivity contribution in [3.63, 3.8) is 0 Å². The molecule has 1 saturated heterocycles. The van der Waals surface area contributed by atoms with Crippen LogP contribution in [0.25, 0.3) is 0 Å². The topological polar surface area (TPSA) is 76.7 Å². The van der Waals surface area contributed by atoms with E-state index in [-0.39, 0.29) is 17.9 Å². The minimum Gasteiger partial charge on any atom is -0.496 e. The highest BCUT2D eigenvalue weighted by Crippen LogP contribution is 2.19. The number of para-hydroxylation sites is 1. The smallest absolute Gasteiger partial charge is 0.259 e. The molecular weight excluding hydrogens is 332 g/mol. The van der Waals surface area contributed by atoms with Crippen molar-refractivity contribution in [3.05, 3.63) is 59.7 Å². The molecule has 1 atom stereocenters. The van der Waals surface area contributed by atoms with Crippen LogP contribution < -0.4 is 15.4 Å². The number of benzene rings is 2. The van der Waals surface area contributed by atoms with E-state index in [9.17, 15) is 9.59 Å². The van der Waals surface area contributed by atoms with Crippen LogP contribution in [-0.4, -0.2) is 38.2 Å². The highest BCUT2D eigenvalue weighted by atomic mass is 16.5. The van der Waals surface area contributed by atoms with Gasteiger partial charge in [0.05, 0.1) is 18.8 Å². The summed E-state index contributed by atoms with van der Waals surface area (Å²) in [6, 6.07) is 13.8. The van der Waals surface area contributed by atoms with Crippen molar-refractivity contribution < 1.29 is 19.1 Å². The number of ether oxygens (including phenoxy) is 2. The molecular formula is C20H22N2O4. The third kappa shape index (κ3) is 4.40. The zero-order chi connectivity index (χ0) is 18.4. The van der Waals surface area contributed by atoms with Crippen LogP contribution in [0.2, 0.25) is 0 Å². The maximum Gasteiger partial charge on any atom is 0.259 e. The van der Waals surface area contributed by atoms with E-state index in [4.69, 9.17) is 9.47 Å². The summed E-state index contributed by atoms with van der Waals surface area (Å²) >= 11 is 0. The van der Waals surface area contributed by atoms with Crippen LogP contribution in [0.3, 0.4) is 0 Å². The largest absolute Gasteiger partial charge is 0.496 e. The highest BCUT2D eigenvalue weighted by molar-refractivity contribution is 6.06. The minimum atomic E-state index is -0.266. The molecule has 1 aliphatic heterocycles. The molecule has 2 aromatic carbocycles. The number of methoxy groups -OCH3 is 1. The van der Waals surface area contributed by atoms with Gasteiger partial charge in [-0.05, 0) is 49.2 Å². The second-order valence-electron chi connectivity index (χ2n) is 6.08. The molecule has 2 aromatic rings. The van der Waals surface area contributed by atoms with Crippen LogP contribution in [0.4, 0.5) is 5.69 Å². The SMILES string of the molecule is COc1ccccc1C(=O)Nc1ccc(C(=O)NC[C@H]2CCCO2)cc1. The predicted molar refractivity (Wildman–Crippen MR) is 98.7 cm³/mol. The van der Waals surface area contributed by atoms with Crippen molar-refractivity contribution in [3.8, 4) is 5.75 Å². The second kappa shape index (κ2) is 8.49. The average Bonchev–Trinajstić information content (AvgIpc) is 3.20. The van der Waals surface area contributed by atoms with E-state index in [0.717, 1.165) is 19.4 Å². The molecule has 0 aromatic heterocycles. The highest BCUT2D eigenvalue weighted by Gasteiger charge is 2.17. The molecule has 0 radical (unpaired) electrons. The fraction of sp³-hybridized carbons (Fsp3) is 0.300. The molecule has 0 spiro atoms. The maximum atomic E-state index is 12.4. The Hall–Kier alpha value is -2.86. The molecule has 6 heteroatoms. The van der Waals surface area contributed by atoms with Gasteiger partial charge in [-0.3, -0.25) is 9.59 Å². The first kappa shape index (κ1) is 17.9. The Morgan fingerprint density at radius 3 is 2.58 bits per heavy atom. The van der Waals surface area contributed by atoms with Gasteiger partial charge in [0, 0.05) is 24.4 Å². The van der Waals surface area contributed by atoms with E-state index in [1.807, 2.05) is 0 Å². The number of hydrogen-bond acceptors (Lipinski definition) is 4. The molecule has 26 heavy (non-hydrogen) atoms. The third-order valence-corrected chi connectivity index (χ3v) is 4.27. The van der Waals surface area contributed by atoms with Crippen LogP contribution in [0.5, 0.6) is 5.75 Å². The van der Waals surface area contributed by atoms with Gasteiger partial charge < -0.3 is 20.1 Å². The maximum absolute atomic E-state index is 12.4. The lowest BCUT2D eigenvalue weighted by molar-refractivity contribution is 0.0857. The van der Waals surface area contributed by atoms with Crippen LogP contribution in [-0.2, 0) is 4.74 Å². The molecule has 0 unspecified atom stereocenters. The third-order valence-electron chi connectivity index (χ3n) is 4.27. The molecule has 3 rings (SSSR count). The molecule has 1 heterocycles. The second-order valence-corrected chi connectivity index (χ2v) is 6.08. The molecule has 1 aliphatic rings. The van der Waals surface area contributed by atoms with Crippen LogP contribution >= 0.6 is 0 Å². The first-order chi connectivity index (χ1) is 12.7. The number of carbonyl (C=O) groups is 2. The number of carbonyl (C=O) groups excluding carboxylic acids is 2. The van der Waals surface area contributed by atoms with Gasteiger partial charge in [0.25, 0.3) is 11.8 Å². The summed E-state index contributed by atoms with van der Waals surface area (Å²) in [4.78, 5) is 24.5. The quantitative estimate of drug-likeness (QED) is 0.836. The number of anilines is 1. The molecule has 6 nitrogen and oxygen atoms in total. The molecule has 1 fully saturated rings. The summed E-state index contributed by atoms with van der Waals surface area (Å²) in [5.74, 6) is 0.0938. The van der Waals surface area contributed by atoms with Crippen LogP contribution in [0, 0.1) is 0 Å². The lowest BCUT2D eigenvalue weighted by Gasteiger charge is -2.11. The number of rotatable bonds is 6. The molecule has 0 saturated carbocycles. The Morgan fingerprint density at radius 2 is 1.88 bits per heavy atom. The first-order valence-corrected chi connectivity index (χ1v) is 8.61. The monoisotopic (exact) mass is 354 g/mol. The summed E-state index contributed by atoms with van der Waals surface area (Å²) in [5, 5.41) is 5.68. The normalized spacial score (nSPS) is 16.1. The lowest BCUT2D eigenvalue weighted by atomic mass is 10.1. The Morgan fingerprint density at radius 1 is 1.12 bits per heavy atom. The Bertz CT molecular complexity index is 768. The van der Waals surface area contributed by atoms with Crippen molar-refractivity contribution >= 4 is 17.5 Å². The first-order valence-electron chi connectivity index (χ1n) is 8.61. The zero-order valence-corrected chi connectivity index (χ0v) is 14.7. The Balaban J connectivity index is 1.58. The van der Waals surface area contributed by atoms with Crippen molar-refractivity contribution in [2.45, 2.75) is 18.9 Å². The number of amides is 2. The summed E-state index contributed by atoms with van der Waals surface area (Å²) < 4.78 is 10.7. The summed E-state index contributed by atoms with van der Waals surface area (Å²) in [6.45, 7) is 1.28. The summed E-state index contributed by atoms with van der Waals surface area (Å²) in [6.07, 6.45) is 2.13. The van der Waals surface area contributed by atoms with Crippen molar-refractivity contribution in [1.29, 1.82) is 0 Å². The molecule has 136 valence electrons. The summed E-state index contributed by atoms with van der Waals surface area (Å²) in [5.41, 5.74) is 1.60. The van der Waals surface area contributed by atoms with Crippen molar-refractivity contribution in [2.75, 3.05) is 25.6 Å². The van der Waals surface area contributed by atoms with E-state index in [0.29, 0.717) is 29.1 Å². The zero-order valence-electron chi connectivity index (χ0n) is 14.7. The molecule has 0 bridgehead atoms. The van der Waals surface area contributed by atoms with Gasteiger partial charge in [-0.2, -0.15) is 0 Å². The standard InChI is InChI=1S/C20H22N2O4/c1-25-18-7-3-2-6-17(18)20(24)22-15-10-8-14(9-11-15)19(23)21-13-16-5-4-12-26-16/h2-3,6-11,16H,4-5,12-13H2,1H3,(H,21,23)(H,22,24)/t16-/m1/s1. The van der Waals surface area contributed by atoms with E-state index >= 15 is 0 Å². The van der Waals surface area contributed by atoms with Crippen molar-refractivity contribution in [1.82, 2.24) is 5.32 Å². The van der Waals surface area contributed by atoms with Gasteiger partial charge in [-0.25, -0.2) is 0 Å². The van der Waals surface area contributed by atoms with Crippen LogP contribution in [0.15, 0.2) is 48.5 Å². The predicted octanol–water partition coefficient (Wildman–Crippen LogP) is 2.86. The van der Waals surface area contributed by atoms with E-state index in [1.165, 1.54) is 7.11 Å². The Labute approximate surface area is 152 Å².